The lowest BCUT2D eigenvalue weighted by Gasteiger charge is -2.12. The zero-order valence-electron chi connectivity index (χ0n) is 10.6. The lowest BCUT2D eigenvalue weighted by Crippen LogP contribution is -2.25. The fraction of sp³-hybridized carbons (Fsp3) is 0.750. The van der Waals surface area contributed by atoms with Crippen LogP contribution in [0.4, 0.5) is 0 Å². The summed E-state index contributed by atoms with van der Waals surface area (Å²) >= 11 is 0. The molecule has 0 aliphatic carbocycles. The summed E-state index contributed by atoms with van der Waals surface area (Å²) < 4.78 is 1.96. The third-order valence-electron chi connectivity index (χ3n) is 3.01. The van der Waals surface area contributed by atoms with Gasteiger partial charge in [-0.25, -0.2) is 0 Å². The van der Waals surface area contributed by atoms with E-state index in [1.54, 1.807) is 0 Å². The summed E-state index contributed by atoms with van der Waals surface area (Å²) in [4.78, 5) is 0. The molecule has 1 aromatic rings. The van der Waals surface area contributed by atoms with E-state index in [9.17, 15) is 0 Å². The van der Waals surface area contributed by atoms with Crippen molar-refractivity contribution in [2.75, 3.05) is 0 Å². The van der Waals surface area contributed by atoms with Crippen molar-refractivity contribution in [3.05, 3.63) is 17.0 Å². The molecule has 1 N–H and O–H groups in total. The maximum absolute atomic E-state index is 4.41. The van der Waals surface area contributed by atoms with Crippen LogP contribution in [0.3, 0.4) is 0 Å². The van der Waals surface area contributed by atoms with Crippen molar-refractivity contribution in [2.45, 2.75) is 53.1 Å². The summed E-state index contributed by atoms with van der Waals surface area (Å²) in [5.74, 6) is 0. The minimum Gasteiger partial charge on any atom is -0.310 e. The molecule has 3 nitrogen and oxygen atoms in total. The van der Waals surface area contributed by atoms with Gasteiger partial charge in [-0.05, 0) is 27.2 Å². The lowest BCUT2D eigenvalue weighted by atomic mass is 10.1. The number of aryl methyl sites for hydroxylation is 2. The van der Waals surface area contributed by atoms with Gasteiger partial charge in [0, 0.05) is 30.9 Å². The van der Waals surface area contributed by atoms with Crippen LogP contribution in [0.25, 0.3) is 0 Å². The summed E-state index contributed by atoms with van der Waals surface area (Å²) in [5, 5.41) is 7.95. The molecule has 0 saturated carbocycles. The van der Waals surface area contributed by atoms with Crippen molar-refractivity contribution in [3.63, 3.8) is 0 Å². The average Bonchev–Trinajstić information content (AvgIpc) is 2.40. The van der Waals surface area contributed by atoms with E-state index in [0.717, 1.165) is 12.2 Å². The summed E-state index contributed by atoms with van der Waals surface area (Å²) in [6.07, 6.45) is 2.47. The quantitative estimate of drug-likeness (QED) is 0.806. The van der Waals surface area contributed by atoms with Crippen LogP contribution in [-0.4, -0.2) is 15.8 Å². The molecule has 0 radical (unpaired) electrons. The second kappa shape index (κ2) is 5.31. The van der Waals surface area contributed by atoms with E-state index < -0.39 is 0 Å². The normalized spacial score (nSPS) is 13.1. The Morgan fingerprint density at radius 3 is 2.53 bits per heavy atom. The van der Waals surface area contributed by atoms with E-state index >= 15 is 0 Å². The summed E-state index contributed by atoms with van der Waals surface area (Å²) in [5.41, 5.74) is 3.76. The zero-order chi connectivity index (χ0) is 11.4. The predicted octanol–water partition coefficient (Wildman–Crippen LogP) is 2.32. The van der Waals surface area contributed by atoms with Crippen LogP contribution < -0.4 is 5.32 Å². The molecule has 0 saturated heterocycles. The minimum absolute atomic E-state index is 0.592. The molecule has 3 heteroatoms. The van der Waals surface area contributed by atoms with Gasteiger partial charge in [0.05, 0.1) is 5.69 Å². The molecule has 1 rings (SSSR count). The van der Waals surface area contributed by atoms with Crippen LogP contribution in [0, 0.1) is 13.8 Å². The summed E-state index contributed by atoms with van der Waals surface area (Å²) in [6, 6.07) is 0.592. The molecule has 0 bridgehead atoms. The summed E-state index contributed by atoms with van der Waals surface area (Å²) in [7, 11) is 2.00. The molecule has 1 atom stereocenters. The third-order valence-corrected chi connectivity index (χ3v) is 3.01. The molecule has 1 unspecified atom stereocenters. The van der Waals surface area contributed by atoms with E-state index in [2.05, 4.69) is 38.1 Å². The highest BCUT2D eigenvalue weighted by atomic mass is 15.3. The first-order chi connectivity index (χ1) is 7.06. The first kappa shape index (κ1) is 12.2. The van der Waals surface area contributed by atoms with Gasteiger partial charge < -0.3 is 5.32 Å². The van der Waals surface area contributed by atoms with Gasteiger partial charge in [0.2, 0.25) is 0 Å². The Morgan fingerprint density at radius 2 is 2.07 bits per heavy atom. The van der Waals surface area contributed by atoms with E-state index in [1.807, 2.05) is 11.7 Å². The van der Waals surface area contributed by atoms with Crippen LogP contribution in [0.1, 0.15) is 43.6 Å². The Kier molecular flexibility index (Phi) is 4.33. The molecule has 86 valence electrons. The van der Waals surface area contributed by atoms with Crippen molar-refractivity contribution in [2.24, 2.45) is 7.05 Å². The van der Waals surface area contributed by atoms with Crippen molar-refractivity contribution < 1.29 is 0 Å². The first-order valence-electron chi connectivity index (χ1n) is 5.78. The largest absolute Gasteiger partial charge is 0.310 e. The molecular weight excluding hydrogens is 186 g/mol. The predicted molar refractivity (Wildman–Crippen MR) is 63.9 cm³/mol. The molecule has 0 aliphatic heterocycles. The van der Waals surface area contributed by atoms with Crippen LogP contribution in [0.2, 0.25) is 0 Å². The summed E-state index contributed by atoms with van der Waals surface area (Å²) in [6.45, 7) is 9.60. The molecule has 0 aromatic carbocycles. The molecule has 0 amide bonds. The van der Waals surface area contributed by atoms with E-state index in [0.29, 0.717) is 6.04 Å². The van der Waals surface area contributed by atoms with Gasteiger partial charge in [-0.3, -0.25) is 4.68 Å². The molecule has 1 aromatic heterocycles. The van der Waals surface area contributed by atoms with Gasteiger partial charge >= 0.3 is 0 Å². The number of nitrogens with zero attached hydrogens (tertiary/aromatic N) is 2. The van der Waals surface area contributed by atoms with E-state index in [4.69, 9.17) is 0 Å². The first-order valence-corrected chi connectivity index (χ1v) is 5.78. The monoisotopic (exact) mass is 209 g/mol. The van der Waals surface area contributed by atoms with Gasteiger partial charge in [-0.1, -0.05) is 13.3 Å². The third kappa shape index (κ3) is 3.06. The molecule has 0 spiro atoms. The fourth-order valence-electron chi connectivity index (χ4n) is 1.88. The Labute approximate surface area is 92.9 Å². The highest BCUT2D eigenvalue weighted by Crippen LogP contribution is 2.11. The zero-order valence-corrected chi connectivity index (χ0v) is 10.6. The highest BCUT2D eigenvalue weighted by molar-refractivity contribution is 5.24. The minimum atomic E-state index is 0.592. The van der Waals surface area contributed by atoms with E-state index in [1.165, 1.54) is 24.1 Å². The number of nitrogens with one attached hydrogen (secondary N) is 1. The standard InChI is InChI=1S/C12H23N3/c1-6-7-9(2)13-8-12-10(3)14-15(5)11(12)4/h9,13H,6-8H2,1-5H3. The second-order valence-electron chi connectivity index (χ2n) is 4.34. The molecule has 0 aliphatic rings. The SMILES string of the molecule is CCCC(C)NCc1c(C)nn(C)c1C. The Hall–Kier alpha value is -0.830. The van der Waals surface area contributed by atoms with Crippen LogP contribution in [0.5, 0.6) is 0 Å². The second-order valence-corrected chi connectivity index (χ2v) is 4.34. The van der Waals surface area contributed by atoms with Crippen LogP contribution >= 0.6 is 0 Å². The Balaban J connectivity index is 2.57. The number of rotatable bonds is 5. The van der Waals surface area contributed by atoms with E-state index in [-0.39, 0.29) is 0 Å². The van der Waals surface area contributed by atoms with Crippen molar-refractivity contribution in [1.82, 2.24) is 15.1 Å². The fourth-order valence-corrected chi connectivity index (χ4v) is 1.88. The van der Waals surface area contributed by atoms with Crippen molar-refractivity contribution in [1.29, 1.82) is 0 Å². The number of hydrogen-bond acceptors (Lipinski definition) is 2. The van der Waals surface area contributed by atoms with Gasteiger partial charge in [-0.15, -0.1) is 0 Å². The molecule has 15 heavy (non-hydrogen) atoms. The van der Waals surface area contributed by atoms with Crippen LogP contribution in [-0.2, 0) is 13.6 Å². The molecule has 1 heterocycles. The molecule has 0 fully saturated rings. The highest BCUT2D eigenvalue weighted by Gasteiger charge is 2.09. The van der Waals surface area contributed by atoms with Crippen molar-refractivity contribution in [3.8, 4) is 0 Å². The maximum Gasteiger partial charge on any atom is 0.0641 e. The molecular formula is C12H23N3. The average molecular weight is 209 g/mol. The van der Waals surface area contributed by atoms with Gasteiger partial charge in [0.25, 0.3) is 0 Å². The Morgan fingerprint density at radius 1 is 1.40 bits per heavy atom. The number of aromatic nitrogens is 2. The van der Waals surface area contributed by atoms with Gasteiger partial charge in [0.15, 0.2) is 0 Å². The van der Waals surface area contributed by atoms with Crippen LogP contribution in [0.15, 0.2) is 0 Å². The maximum atomic E-state index is 4.41. The topological polar surface area (TPSA) is 29.9 Å². The van der Waals surface area contributed by atoms with Crippen molar-refractivity contribution >= 4 is 0 Å². The lowest BCUT2D eigenvalue weighted by molar-refractivity contribution is 0.507. The Bertz CT molecular complexity index is 315. The van der Waals surface area contributed by atoms with Gasteiger partial charge in [0.1, 0.15) is 0 Å². The van der Waals surface area contributed by atoms with Gasteiger partial charge in [-0.2, -0.15) is 5.10 Å². The number of hydrogen-bond donors (Lipinski definition) is 1. The smallest absolute Gasteiger partial charge is 0.0641 e.